The standard InChI is InChI=1S/C15H21N3O2S.ClH/c16-10-13-5-4-6-14(9-13)11-21(19,20)18-12-15(17)7-2-1-3-8-15;/h4-6,9,18H,1-3,7-8,11-12,17H2;1H. The summed E-state index contributed by atoms with van der Waals surface area (Å²) >= 11 is 0. The molecule has 0 aliphatic heterocycles. The predicted molar refractivity (Wildman–Crippen MR) is 89.0 cm³/mol. The number of sulfonamides is 1. The SMILES string of the molecule is Cl.N#Cc1cccc(CS(=O)(=O)NCC2(N)CCCCC2)c1. The highest BCUT2D eigenvalue weighted by molar-refractivity contribution is 7.88. The fourth-order valence-corrected chi connectivity index (χ4v) is 3.92. The van der Waals surface area contributed by atoms with Crippen molar-refractivity contribution < 1.29 is 8.42 Å². The molecule has 122 valence electrons. The number of hydrogen-bond acceptors (Lipinski definition) is 4. The highest BCUT2D eigenvalue weighted by Crippen LogP contribution is 2.25. The van der Waals surface area contributed by atoms with Gasteiger partial charge in [0.25, 0.3) is 0 Å². The van der Waals surface area contributed by atoms with Crippen molar-refractivity contribution in [2.45, 2.75) is 43.4 Å². The summed E-state index contributed by atoms with van der Waals surface area (Å²) in [7, 11) is -3.44. The minimum absolute atomic E-state index is 0. The van der Waals surface area contributed by atoms with Crippen LogP contribution in [0.1, 0.15) is 43.2 Å². The summed E-state index contributed by atoms with van der Waals surface area (Å²) in [4.78, 5) is 0. The number of nitrogens with zero attached hydrogens (tertiary/aromatic N) is 1. The van der Waals surface area contributed by atoms with Crippen molar-refractivity contribution in [3.63, 3.8) is 0 Å². The molecule has 7 heteroatoms. The van der Waals surface area contributed by atoms with Crippen LogP contribution in [0, 0.1) is 11.3 Å². The number of hydrogen-bond donors (Lipinski definition) is 2. The van der Waals surface area contributed by atoms with Crippen LogP contribution in [0.3, 0.4) is 0 Å². The maximum atomic E-state index is 12.1. The maximum absolute atomic E-state index is 12.1. The molecule has 0 spiro atoms. The van der Waals surface area contributed by atoms with Gasteiger partial charge in [0.2, 0.25) is 10.0 Å². The quantitative estimate of drug-likeness (QED) is 0.855. The zero-order valence-corrected chi connectivity index (χ0v) is 14.0. The van der Waals surface area contributed by atoms with Crippen LogP contribution in [0.15, 0.2) is 24.3 Å². The van der Waals surface area contributed by atoms with Gasteiger partial charge in [-0.2, -0.15) is 5.26 Å². The third-order valence-electron chi connectivity index (χ3n) is 3.91. The lowest BCUT2D eigenvalue weighted by Crippen LogP contribution is -2.51. The summed E-state index contributed by atoms with van der Waals surface area (Å²) < 4.78 is 26.9. The van der Waals surface area contributed by atoms with Crippen LogP contribution < -0.4 is 10.5 Å². The van der Waals surface area contributed by atoms with Crippen LogP contribution in [0.25, 0.3) is 0 Å². The molecule has 0 bridgehead atoms. The first-order valence-corrected chi connectivity index (χ1v) is 8.83. The Bertz CT molecular complexity index is 634. The van der Waals surface area contributed by atoms with E-state index in [1.165, 1.54) is 6.42 Å². The fourth-order valence-electron chi connectivity index (χ4n) is 2.69. The number of nitrogens with one attached hydrogen (secondary N) is 1. The van der Waals surface area contributed by atoms with Crippen LogP contribution in [0.4, 0.5) is 0 Å². The summed E-state index contributed by atoms with van der Waals surface area (Å²) in [6, 6.07) is 8.65. The van der Waals surface area contributed by atoms with Crippen LogP contribution >= 0.6 is 12.4 Å². The van der Waals surface area contributed by atoms with Crippen LogP contribution in [-0.2, 0) is 15.8 Å². The fraction of sp³-hybridized carbons (Fsp3) is 0.533. The van der Waals surface area contributed by atoms with Gasteiger partial charge in [-0.15, -0.1) is 12.4 Å². The number of benzene rings is 1. The highest BCUT2D eigenvalue weighted by Gasteiger charge is 2.28. The number of nitrogens with two attached hydrogens (primary N) is 1. The molecule has 1 fully saturated rings. The first kappa shape index (κ1) is 18.9. The molecule has 22 heavy (non-hydrogen) atoms. The van der Waals surface area contributed by atoms with Crippen LogP contribution in [0.5, 0.6) is 0 Å². The Morgan fingerprint density at radius 1 is 1.27 bits per heavy atom. The van der Waals surface area contributed by atoms with E-state index in [1.54, 1.807) is 24.3 Å². The lowest BCUT2D eigenvalue weighted by molar-refractivity contribution is 0.296. The summed E-state index contributed by atoms with van der Waals surface area (Å²) in [5, 5.41) is 8.84. The summed E-state index contributed by atoms with van der Waals surface area (Å²) in [6.07, 6.45) is 5.01. The first-order chi connectivity index (χ1) is 9.92. The summed E-state index contributed by atoms with van der Waals surface area (Å²) in [5.41, 5.74) is 6.89. The molecule has 0 amide bonds. The van der Waals surface area contributed by atoms with E-state index < -0.39 is 15.6 Å². The lowest BCUT2D eigenvalue weighted by Gasteiger charge is -2.33. The molecule has 1 aromatic carbocycles. The second kappa shape index (κ2) is 7.93. The van der Waals surface area contributed by atoms with E-state index in [0.717, 1.165) is 25.7 Å². The van der Waals surface area contributed by atoms with Crippen molar-refractivity contribution >= 4 is 22.4 Å². The number of rotatable bonds is 5. The molecule has 0 heterocycles. The molecule has 1 aliphatic rings. The van der Waals surface area contributed by atoms with E-state index in [4.69, 9.17) is 11.0 Å². The number of halogens is 1. The van der Waals surface area contributed by atoms with Crippen molar-refractivity contribution in [3.8, 4) is 6.07 Å². The van der Waals surface area contributed by atoms with Gasteiger partial charge in [0, 0.05) is 12.1 Å². The topological polar surface area (TPSA) is 96.0 Å². The molecule has 1 aromatic rings. The maximum Gasteiger partial charge on any atom is 0.215 e. The molecule has 0 saturated heterocycles. The lowest BCUT2D eigenvalue weighted by atomic mass is 9.83. The zero-order valence-electron chi connectivity index (χ0n) is 12.4. The van der Waals surface area contributed by atoms with Gasteiger partial charge in [-0.1, -0.05) is 31.4 Å². The van der Waals surface area contributed by atoms with E-state index in [-0.39, 0.29) is 24.7 Å². The Balaban J connectivity index is 0.00000242. The second-order valence-corrected chi connectivity index (χ2v) is 7.62. The third-order valence-corrected chi connectivity index (χ3v) is 5.20. The Labute approximate surface area is 138 Å². The van der Waals surface area contributed by atoms with Gasteiger partial charge in [0.05, 0.1) is 17.4 Å². The molecular formula is C15H22ClN3O2S. The van der Waals surface area contributed by atoms with Gasteiger partial charge in [0.15, 0.2) is 0 Å². The minimum Gasteiger partial charge on any atom is -0.324 e. The van der Waals surface area contributed by atoms with Gasteiger partial charge >= 0.3 is 0 Å². The normalized spacial score (nSPS) is 17.3. The molecule has 0 aromatic heterocycles. The van der Waals surface area contributed by atoms with Crippen LogP contribution in [0.2, 0.25) is 0 Å². The summed E-state index contributed by atoms with van der Waals surface area (Å²) in [6.45, 7) is 0.285. The van der Waals surface area contributed by atoms with Crippen molar-refractivity contribution in [1.29, 1.82) is 5.26 Å². The average molecular weight is 344 g/mol. The van der Waals surface area contributed by atoms with E-state index in [0.29, 0.717) is 11.1 Å². The minimum atomic E-state index is -3.44. The second-order valence-electron chi connectivity index (χ2n) is 5.82. The monoisotopic (exact) mass is 343 g/mol. The van der Waals surface area contributed by atoms with E-state index in [9.17, 15) is 8.42 Å². The Morgan fingerprint density at radius 2 is 1.95 bits per heavy atom. The van der Waals surface area contributed by atoms with Crippen molar-refractivity contribution in [2.24, 2.45) is 5.73 Å². The molecule has 3 N–H and O–H groups in total. The van der Waals surface area contributed by atoms with Gasteiger partial charge in [-0.25, -0.2) is 13.1 Å². The average Bonchev–Trinajstić information content (AvgIpc) is 2.46. The van der Waals surface area contributed by atoms with Crippen molar-refractivity contribution in [2.75, 3.05) is 6.54 Å². The molecule has 2 rings (SSSR count). The third kappa shape index (κ3) is 5.58. The molecule has 1 saturated carbocycles. The van der Waals surface area contributed by atoms with Gasteiger partial charge in [0.1, 0.15) is 0 Å². The largest absolute Gasteiger partial charge is 0.324 e. The Hall–Kier alpha value is -1.13. The predicted octanol–water partition coefficient (Wildman–Crippen LogP) is 2.06. The summed E-state index contributed by atoms with van der Waals surface area (Å²) in [5.74, 6) is -0.126. The molecular weight excluding hydrogens is 322 g/mol. The zero-order chi connectivity index (χ0) is 15.3. The molecule has 5 nitrogen and oxygen atoms in total. The van der Waals surface area contributed by atoms with Gasteiger partial charge in [-0.3, -0.25) is 0 Å². The molecule has 0 atom stereocenters. The molecule has 0 unspecified atom stereocenters. The molecule has 0 radical (unpaired) electrons. The van der Waals surface area contributed by atoms with Crippen LogP contribution in [-0.4, -0.2) is 20.5 Å². The van der Waals surface area contributed by atoms with Crippen molar-refractivity contribution in [1.82, 2.24) is 4.72 Å². The Morgan fingerprint density at radius 3 is 2.59 bits per heavy atom. The first-order valence-electron chi connectivity index (χ1n) is 7.18. The van der Waals surface area contributed by atoms with Gasteiger partial charge < -0.3 is 5.73 Å². The van der Waals surface area contributed by atoms with E-state index >= 15 is 0 Å². The number of nitriles is 1. The van der Waals surface area contributed by atoms with E-state index in [1.807, 2.05) is 6.07 Å². The van der Waals surface area contributed by atoms with Crippen molar-refractivity contribution in [3.05, 3.63) is 35.4 Å². The Kier molecular flexibility index (Phi) is 6.82. The van der Waals surface area contributed by atoms with E-state index in [2.05, 4.69) is 4.72 Å². The smallest absolute Gasteiger partial charge is 0.215 e. The molecule has 1 aliphatic carbocycles. The highest BCUT2D eigenvalue weighted by atomic mass is 35.5. The van der Waals surface area contributed by atoms with Gasteiger partial charge in [-0.05, 0) is 30.5 Å².